The van der Waals surface area contributed by atoms with E-state index in [4.69, 9.17) is 4.74 Å². The van der Waals surface area contributed by atoms with E-state index < -0.39 is 29.8 Å². The number of nitriles is 1. The quantitative estimate of drug-likeness (QED) is 0.553. The molecule has 0 unspecified atom stereocenters. The summed E-state index contributed by atoms with van der Waals surface area (Å²) in [7, 11) is 0. The van der Waals surface area contributed by atoms with Crippen LogP contribution >= 0.6 is 0 Å². The second-order valence-corrected chi connectivity index (χ2v) is 11.7. The molecule has 0 spiro atoms. The number of nitrogens with one attached hydrogen (secondary N) is 2. The number of H-pyrrole nitrogens is 1. The Hall–Kier alpha value is -4.05. The van der Waals surface area contributed by atoms with Crippen LogP contribution in [-0.2, 0) is 14.3 Å². The zero-order valence-electron chi connectivity index (χ0n) is 22.1. The monoisotopic (exact) mass is 533 g/mol. The maximum Gasteiger partial charge on any atom is 0.408 e. The molecule has 2 N–H and O–H groups in total. The number of piperidine rings is 1. The first-order chi connectivity index (χ1) is 18.6. The van der Waals surface area contributed by atoms with Gasteiger partial charge in [-0.1, -0.05) is 12.1 Å². The van der Waals surface area contributed by atoms with Crippen molar-refractivity contribution in [3.8, 4) is 17.5 Å². The molecule has 3 amide bonds. The number of nitrogens with zero attached hydrogens (tertiary/aromatic N) is 7. The van der Waals surface area contributed by atoms with Crippen LogP contribution in [0.3, 0.4) is 0 Å². The number of hydrogen-bond acceptors (Lipinski definition) is 9. The van der Waals surface area contributed by atoms with E-state index in [0.717, 1.165) is 17.7 Å². The van der Waals surface area contributed by atoms with E-state index in [1.807, 2.05) is 29.2 Å². The predicted octanol–water partition coefficient (Wildman–Crippen LogP) is 1.06. The van der Waals surface area contributed by atoms with Crippen LogP contribution in [0.2, 0.25) is 0 Å². The number of likely N-dealkylation sites (tertiary alicyclic amines) is 2. The first-order valence-electron chi connectivity index (χ1n) is 13.3. The smallest absolute Gasteiger partial charge is 0.408 e. The molecule has 2 aromatic rings. The van der Waals surface area contributed by atoms with Crippen LogP contribution in [0.15, 0.2) is 24.3 Å². The van der Waals surface area contributed by atoms with Crippen molar-refractivity contribution in [1.82, 2.24) is 35.7 Å². The van der Waals surface area contributed by atoms with E-state index in [-0.39, 0.29) is 30.4 Å². The van der Waals surface area contributed by atoms with Crippen LogP contribution in [0.5, 0.6) is 0 Å². The Bertz CT molecular complexity index is 1330. The average molecular weight is 534 g/mol. The van der Waals surface area contributed by atoms with Crippen LogP contribution < -0.4 is 10.2 Å². The lowest BCUT2D eigenvalue weighted by Gasteiger charge is -2.36. The highest BCUT2D eigenvalue weighted by atomic mass is 16.6. The Kier molecular flexibility index (Phi) is 6.02. The van der Waals surface area contributed by atoms with E-state index in [9.17, 15) is 19.6 Å². The van der Waals surface area contributed by atoms with Crippen molar-refractivity contribution in [3.63, 3.8) is 0 Å². The van der Waals surface area contributed by atoms with E-state index in [1.54, 1.807) is 30.6 Å². The third-order valence-corrected chi connectivity index (χ3v) is 7.91. The zero-order valence-corrected chi connectivity index (χ0v) is 22.1. The number of alkyl carbamates (subject to hydrolysis) is 1. The second kappa shape index (κ2) is 9.30. The standard InChI is InChI=1S/C26H31N9O4/c1-26(2,3)39-25(38)28-19(23(36)35-17(11-27)8-15-9-20(15)35)13-33-12-18-10-21(33)24(37)34(18)16-6-4-5-14(7-16)22-29-31-32-30-22/h4-7,15,17-21H,8-10,12-13H2,1-3H3,(H,28,38)(H,29,30,31,32)/t15-,17+,18-,19+,20+,21-/m1/s1. The summed E-state index contributed by atoms with van der Waals surface area (Å²) in [6.45, 7) is 5.98. The van der Waals surface area contributed by atoms with Gasteiger partial charge in [0.2, 0.25) is 17.6 Å². The first kappa shape index (κ1) is 25.2. The number of aromatic amines is 1. The van der Waals surface area contributed by atoms with Crippen LogP contribution in [0, 0.1) is 17.2 Å². The van der Waals surface area contributed by atoms with Gasteiger partial charge in [0, 0.05) is 30.4 Å². The lowest BCUT2D eigenvalue weighted by Crippen LogP contribution is -2.59. The molecule has 204 valence electrons. The Morgan fingerprint density at radius 1 is 1.28 bits per heavy atom. The summed E-state index contributed by atoms with van der Waals surface area (Å²) in [4.78, 5) is 45.4. The summed E-state index contributed by atoms with van der Waals surface area (Å²) in [5.74, 6) is 0.442. The van der Waals surface area contributed by atoms with E-state index in [1.165, 1.54) is 0 Å². The third-order valence-electron chi connectivity index (χ3n) is 7.91. The number of fused-ring (bicyclic) bond motifs is 3. The Morgan fingerprint density at radius 2 is 2.10 bits per heavy atom. The van der Waals surface area contributed by atoms with Gasteiger partial charge in [-0.05, 0) is 63.3 Å². The molecule has 13 nitrogen and oxygen atoms in total. The fourth-order valence-electron chi connectivity index (χ4n) is 6.22. The highest BCUT2D eigenvalue weighted by Crippen LogP contribution is 2.48. The van der Waals surface area contributed by atoms with Gasteiger partial charge in [-0.3, -0.25) is 14.5 Å². The van der Waals surface area contributed by atoms with Gasteiger partial charge in [-0.15, -0.1) is 10.2 Å². The molecule has 1 aromatic carbocycles. The molecular weight excluding hydrogens is 502 g/mol. The number of aromatic nitrogens is 4. The summed E-state index contributed by atoms with van der Waals surface area (Å²) < 4.78 is 5.44. The maximum atomic E-state index is 13.7. The summed E-state index contributed by atoms with van der Waals surface area (Å²) in [6, 6.07) is 7.81. The molecule has 1 saturated carbocycles. The number of tetrazole rings is 1. The number of carbonyl (C=O) groups is 3. The van der Waals surface area contributed by atoms with Crippen LogP contribution in [0.25, 0.3) is 11.4 Å². The number of hydrogen-bond donors (Lipinski definition) is 2. The minimum atomic E-state index is -0.933. The van der Waals surface area contributed by atoms with E-state index in [0.29, 0.717) is 31.1 Å². The van der Waals surface area contributed by atoms with Gasteiger partial charge < -0.3 is 19.9 Å². The number of rotatable bonds is 6. The second-order valence-electron chi connectivity index (χ2n) is 11.7. The van der Waals surface area contributed by atoms with Crippen molar-refractivity contribution in [3.05, 3.63) is 24.3 Å². The van der Waals surface area contributed by atoms with Gasteiger partial charge in [0.05, 0.1) is 18.2 Å². The molecule has 13 heteroatoms. The van der Waals surface area contributed by atoms with Crippen molar-refractivity contribution in [1.29, 1.82) is 5.26 Å². The molecule has 4 fully saturated rings. The summed E-state index contributed by atoms with van der Waals surface area (Å²) >= 11 is 0. The largest absolute Gasteiger partial charge is 0.444 e. The van der Waals surface area contributed by atoms with Crippen LogP contribution in [0.1, 0.15) is 40.0 Å². The first-order valence-corrected chi connectivity index (χ1v) is 13.3. The summed E-state index contributed by atoms with van der Waals surface area (Å²) in [6.07, 6.45) is 1.47. The molecule has 2 bridgehead atoms. The van der Waals surface area contributed by atoms with Gasteiger partial charge in [0.1, 0.15) is 17.7 Å². The van der Waals surface area contributed by atoms with Gasteiger partial charge in [-0.2, -0.15) is 10.5 Å². The fourth-order valence-corrected chi connectivity index (χ4v) is 6.22. The van der Waals surface area contributed by atoms with Crippen molar-refractivity contribution in [2.24, 2.45) is 5.92 Å². The number of amides is 3. The Morgan fingerprint density at radius 3 is 2.79 bits per heavy atom. The lowest BCUT2D eigenvalue weighted by atomic mass is 10.1. The minimum absolute atomic E-state index is 0.0451. The number of carbonyl (C=O) groups excluding carboxylic acids is 3. The number of piperazine rings is 1. The van der Waals surface area contributed by atoms with Crippen molar-refractivity contribution in [2.45, 2.75) is 75.8 Å². The lowest BCUT2D eigenvalue weighted by molar-refractivity contribution is -0.136. The SMILES string of the molecule is CC(C)(C)OC(=O)N[C@@H](CN1C[C@H]2C[C@@H]1C(=O)N2c1cccc(-c2nn[nH]n2)c1)C(=O)N1[C@H](C#N)C[C@@H]2C[C@@H]21. The molecular formula is C26H31N9O4. The minimum Gasteiger partial charge on any atom is -0.444 e. The van der Waals surface area contributed by atoms with Crippen molar-refractivity contribution < 1.29 is 19.1 Å². The molecule has 4 aliphatic rings. The molecule has 1 aromatic heterocycles. The van der Waals surface area contributed by atoms with Crippen molar-refractivity contribution in [2.75, 3.05) is 18.0 Å². The average Bonchev–Trinajstić information content (AvgIpc) is 3.32. The molecule has 1 aliphatic carbocycles. The summed E-state index contributed by atoms with van der Waals surface area (Å²) in [5, 5.41) is 26.5. The highest BCUT2D eigenvalue weighted by molar-refractivity contribution is 6.01. The predicted molar refractivity (Wildman–Crippen MR) is 137 cm³/mol. The highest BCUT2D eigenvalue weighted by Gasteiger charge is 2.56. The van der Waals surface area contributed by atoms with Gasteiger partial charge in [0.25, 0.3) is 0 Å². The fraction of sp³-hybridized carbons (Fsp3) is 0.577. The van der Waals surface area contributed by atoms with Crippen LogP contribution in [0.4, 0.5) is 10.5 Å². The molecule has 6 rings (SSSR count). The maximum absolute atomic E-state index is 13.7. The van der Waals surface area contributed by atoms with Crippen LogP contribution in [-0.4, -0.2) is 97.2 Å². The Labute approximate surface area is 225 Å². The normalized spacial score (nSPS) is 28.3. The van der Waals surface area contributed by atoms with Gasteiger partial charge >= 0.3 is 6.09 Å². The van der Waals surface area contributed by atoms with Gasteiger partial charge in [-0.25, -0.2) is 4.79 Å². The van der Waals surface area contributed by atoms with Crippen molar-refractivity contribution >= 4 is 23.6 Å². The molecule has 0 radical (unpaired) electrons. The number of ether oxygens (including phenoxy) is 1. The third kappa shape index (κ3) is 4.69. The molecule has 39 heavy (non-hydrogen) atoms. The Balaban J connectivity index is 1.19. The number of benzene rings is 1. The molecule has 3 aliphatic heterocycles. The molecule has 3 saturated heterocycles. The van der Waals surface area contributed by atoms with Gasteiger partial charge in [0.15, 0.2) is 0 Å². The molecule has 6 atom stereocenters. The molecule has 4 heterocycles. The summed E-state index contributed by atoms with van der Waals surface area (Å²) in [5.41, 5.74) is 0.765. The zero-order chi connectivity index (χ0) is 27.5. The van der Waals surface area contributed by atoms with E-state index >= 15 is 0 Å². The topological polar surface area (TPSA) is 160 Å². The number of anilines is 1. The van der Waals surface area contributed by atoms with E-state index in [2.05, 4.69) is 32.0 Å².